The van der Waals surface area contributed by atoms with Crippen LogP contribution in [0.5, 0.6) is 17.2 Å². The number of hydrogen-bond donors (Lipinski definition) is 5. The zero-order valence-corrected chi connectivity index (χ0v) is 15.8. The van der Waals surface area contributed by atoms with E-state index in [2.05, 4.69) is 30.9 Å². The van der Waals surface area contributed by atoms with Gasteiger partial charge in [-0.1, -0.05) is 5.21 Å². The van der Waals surface area contributed by atoms with Gasteiger partial charge in [0.2, 0.25) is 5.95 Å². The highest BCUT2D eigenvalue weighted by atomic mass is 16.5. The Kier molecular flexibility index (Phi) is 5.64. The van der Waals surface area contributed by atoms with Crippen molar-refractivity contribution in [1.29, 1.82) is 0 Å². The Balaban J connectivity index is 1.91. The quantitative estimate of drug-likeness (QED) is 0.354. The number of rotatable bonds is 8. The Labute approximate surface area is 161 Å². The van der Waals surface area contributed by atoms with Crippen LogP contribution in [0.2, 0.25) is 0 Å². The molecule has 3 aromatic rings. The summed E-state index contributed by atoms with van der Waals surface area (Å²) in [6, 6.07) is 2.75. The number of phenolic OH excluding ortho intramolecular Hbond substituents is 2. The van der Waals surface area contributed by atoms with Crippen molar-refractivity contribution in [2.75, 3.05) is 24.3 Å². The molecule has 1 atom stereocenters. The van der Waals surface area contributed by atoms with Crippen LogP contribution in [0.3, 0.4) is 0 Å². The van der Waals surface area contributed by atoms with Crippen molar-refractivity contribution in [2.24, 2.45) is 0 Å². The number of phenols is 2. The third-order valence-corrected chi connectivity index (χ3v) is 4.04. The molecule has 1 aromatic carbocycles. The largest absolute Gasteiger partial charge is 0.507 e. The number of hydrogen-bond acceptors (Lipinski definition) is 10. The Morgan fingerprint density at radius 1 is 1.18 bits per heavy atom. The van der Waals surface area contributed by atoms with Crippen LogP contribution in [-0.2, 0) is 13.1 Å². The van der Waals surface area contributed by atoms with Gasteiger partial charge in [-0.2, -0.15) is 9.97 Å². The average Bonchev–Trinajstić information content (AvgIpc) is 3.09. The maximum absolute atomic E-state index is 10.1. The van der Waals surface area contributed by atoms with Crippen molar-refractivity contribution < 1.29 is 20.1 Å². The fourth-order valence-electron chi connectivity index (χ4n) is 2.60. The summed E-state index contributed by atoms with van der Waals surface area (Å²) >= 11 is 0. The first kappa shape index (κ1) is 19.4. The molecule has 3 rings (SSSR count). The first-order valence-electron chi connectivity index (χ1n) is 8.78. The monoisotopic (exact) mass is 389 g/mol. The molecule has 11 heteroatoms. The minimum atomic E-state index is -0.566. The molecule has 0 spiro atoms. The number of benzene rings is 1. The number of aryl methyl sites for hydroxylation is 1. The summed E-state index contributed by atoms with van der Waals surface area (Å²) in [7, 11) is 1.41. The second-order valence-electron chi connectivity index (χ2n) is 6.21. The molecule has 0 aliphatic rings. The van der Waals surface area contributed by atoms with Gasteiger partial charge in [-0.3, -0.25) is 0 Å². The second-order valence-corrected chi connectivity index (χ2v) is 6.21. The van der Waals surface area contributed by atoms with Crippen LogP contribution in [0.15, 0.2) is 12.1 Å². The molecule has 0 amide bonds. The van der Waals surface area contributed by atoms with E-state index in [0.717, 1.165) is 0 Å². The van der Waals surface area contributed by atoms with Crippen LogP contribution < -0.4 is 15.4 Å². The van der Waals surface area contributed by atoms with E-state index in [1.807, 2.05) is 6.92 Å². The van der Waals surface area contributed by atoms with E-state index in [0.29, 0.717) is 35.0 Å². The number of nitrogens with one attached hydrogen (secondary N) is 2. The molecule has 150 valence electrons. The molecule has 5 N–H and O–H groups in total. The summed E-state index contributed by atoms with van der Waals surface area (Å²) in [5, 5.41) is 43.8. The van der Waals surface area contributed by atoms with Gasteiger partial charge in [0.15, 0.2) is 28.5 Å². The maximum Gasteiger partial charge on any atom is 0.226 e. The first-order chi connectivity index (χ1) is 13.4. The summed E-state index contributed by atoms with van der Waals surface area (Å²) in [5.74, 6) is 0.793. The normalized spacial score (nSPS) is 12.1. The van der Waals surface area contributed by atoms with Gasteiger partial charge >= 0.3 is 0 Å². The van der Waals surface area contributed by atoms with Crippen LogP contribution in [0.1, 0.15) is 19.4 Å². The van der Waals surface area contributed by atoms with E-state index in [-0.39, 0.29) is 30.3 Å². The third kappa shape index (κ3) is 3.98. The summed E-state index contributed by atoms with van der Waals surface area (Å²) in [4.78, 5) is 8.80. The molecule has 0 saturated heterocycles. The van der Waals surface area contributed by atoms with Crippen LogP contribution >= 0.6 is 0 Å². The Hall–Kier alpha value is -3.34. The lowest BCUT2D eigenvalue weighted by Gasteiger charge is -2.12. The third-order valence-electron chi connectivity index (χ3n) is 4.04. The zero-order chi connectivity index (χ0) is 20.3. The highest BCUT2D eigenvalue weighted by Gasteiger charge is 2.16. The molecule has 2 heterocycles. The molecule has 28 heavy (non-hydrogen) atoms. The van der Waals surface area contributed by atoms with Gasteiger partial charge in [-0.15, -0.1) is 5.10 Å². The predicted octanol–water partition coefficient (Wildman–Crippen LogP) is 1.07. The number of aliphatic hydroxyl groups excluding tert-OH is 1. The van der Waals surface area contributed by atoms with E-state index in [9.17, 15) is 15.3 Å². The molecular formula is C17H23N7O4. The Morgan fingerprint density at radius 2 is 1.96 bits per heavy atom. The lowest BCUT2D eigenvalue weighted by atomic mass is 10.1. The predicted molar refractivity (Wildman–Crippen MR) is 103 cm³/mol. The van der Waals surface area contributed by atoms with E-state index in [1.165, 1.54) is 19.2 Å². The first-order valence-corrected chi connectivity index (χ1v) is 8.78. The van der Waals surface area contributed by atoms with Gasteiger partial charge in [-0.05, 0) is 19.9 Å². The van der Waals surface area contributed by atoms with Gasteiger partial charge in [0, 0.05) is 31.3 Å². The number of ether oxygens (including phenoxy) is 1. The summed E-state index contributed by atoms with van der Waals surface area (Å²) in [6.07, 6.45) is -0.566. The fraction of sp³-hybridized carbons (Fsp3) is 0.412. The minimum absolute atomic E-state index is 0.0304. The zero-order valence-electron chi connectivity index (χ0n) is 15.8. The van der Waals surface area contributed by atoms with E-state index in [1.54, 1.807) is 11.6 Å². The lowest BCUT2D eigenvalue weighted by molar-refractivity contribution is 0.208. The van der Waals surface area contributed by atoms with Gasteiger partial charge in [0.1, 0.15) is 5.75 Å². The van der Waals surface area contributed by atoms with Crippen molar-refractivity contribution in [3.63, 3.8) is 0 Å². The molecule has 0 fully saturated rings. The van der Waals surface area contributed by atoms with E-state index < -0.39 is 6.10 Å². The number of nitrogens with zero attached hydrogens (tertiary/aromatic N) is 5. The summed E-state index contributed by atoms with van der Waals surface area (Å²) < 4.78 is 6.61. The molecule has 2 aromatic heterocycles. The molecular weight excluding hydrogens is 366 g/mol. The minimum Gasteiger partial charge on any atom is -0.507 e. The Morgan fingerprint density at radius 3 is 2.64 bits per heavy atom. The van der Waals surface area contributed by atoms with Gasteiger partial charge in [0.25, 0.3) is 0 Å². The second kappa shape index (κ2) is 8.13. The lowest BCUT2D eigenvalue weighted by Crippen LogP contribution is -2.17. The van der Waals surface area contributed by atoms with E-state index >= 15 is 0 Å². The molecule has 0 radical (unpaired) electrons. The van der Waals surface area contributed by atoms with Gasteiger partial charge < -0.3 is 30.7 Å². The molecule has 0 aliphatic carbocycles. The standard InChI is InChI=1S/C17H23N7O4/c1-4-24-16-14(22-23-24)15(20-17(21-16)19-7-9(2)25)18-8-10-5-12(27)13(28-3)6-11(10)26/h5-6,9,25-27H,4,7-8H2,1-3H3,(H2,18,19,20,21). The van der Waals surface area contributed by atoms with Crippen molar-refractivity contribution in [1.82, 2.24) is 25.0 Å². The van der Waals surface area contributed by atoms with Gasteiger partial charge in [0.05, 0.1) is 13.2 Å². The van der Waals surface area contributed by atoms with Crippen molar-refractivity contribution >= 4 is 22.9 Å². The number of methoxy groups -OCH3 is 1. The molecule has 1 unspecified atom stereocenters. The smallest absolute Gasteiger partial charge is 0.226 e. The Bertz CT molecular complexity index is 974. The SMILES string of the molecule is CCn1nnc2c(NCc3cc(O)c(OC)cc3O)nc(NCC(C)O)nc21. The molecule has 0 bridgehead atoms. The highest BCUT2D eigenvalue weighted by Crippen LogP contribution is 2.33. The number of fused-ring (bicyclic) bond motifs is 1. The number of aliphatic hydroxyl groups is 1. The molecule has 11 nitrogen and oxygen atoms in total. The average molecular weight is 389 g/mol. The van der Waals surface area contributed by atoms with Crippen LogP contribution in [0.25, 0.3) is 11.2 Å². The van der Waals surface area contributed by atoms with Crippen molar-refractivity contribution in [3.05, 3.63) is 17.7 Å². The molecule has 0 saturated carbocycles. The highest BCUT2D eigenvalue weighted by molar-refractivity contribution is 5.83. The summed E-state index contributed by atoms with van der Waals surface area (Å²) in [6.45, 7) is 4.61. The van der Waals surface area contributed by atoms with Crippen LogP contribution in [-0.4, -0.2) is 60.0 Å². The van der Waals surface area contributed by atoms with Crippen LogP contribution in [0, 0.1) is 0 Å². The van der Waals surface area contributed by atoms with E-state index in [4.69, 9.17) is 4.74 Å². The van der Waals surface area contributed by atoms with Crippen molar-refractivity contribution in [2.45, 2.75) is 33.0 Å². The fourth-order valence-corrected chi connectivity index (χ4v) is 2.60. The topological polar surface area (TPSA) is 150 Å². The van der Waals surface area contributed by atoms with Gasteiger partial charge in [-0.25, -0.2) is 4.68 Å². The summed E-state index contributed by atoms with van der Waals surface area (Å²) in [5.41, 5.74) is 1.46. The number of anilines is 2. The molecule has 0 aliphatic heterocycles. The maximum atomic E-state index is 10.1. The number of aromatic nitrogens is 5. The number of aromatic hydroxyl groups is 2. The van der Waals surface area contributed by atoms with Crippen molar-refractivity contribution in [3.8, 4) is 17.2 Å². The van der Waals surface area contributed by atoms with Crippen LogP contribution in [0.4, 0.5) is 11.8 Å².